The Morgan fingerprint density at radius 1 is 1.03 bits per heavy atom. The van der Waals surface area contributed by atoms with Gasteiger partial charge in [0.2, 0.25) is 5.82 Å². The summed E-state index contributed by atoms with van der Waals surface area (Å²) in [6.07, 6.45) is 1.58. The van der Waals surface area contributed by atoms with Crippen molar-refractivity contribution in [2.45, 2.75) is 19.5 Å². The fourth-order valence-corrected chi connectivity index (χ4v) is 4.09. The van der Waals surface area contributed by atoms with Gasteiger partial charge in [0.25, 0.3) is 5.89 Å². The van der Waals surface area contributed by atoms with E-state index in [1.165, 1.54) is 0 Å². The predicted octanol–water partition coefficient (Wildman–Crippen LogP) is 5.04. The van der Waals surface area contributed by atoms with Gasteiger partial charge in [-0.25, -0.2) is 4.79 Å². The van der Waals surface area contributed by atoms with Crippen molar-refractivity contribution in [3.63, 3.8) is 0 Å². The molecule has 2 aromatic heterocycles. The fourth-order valence-electron chi connectivity index (χ4n) is 4.09. The summed E-state index contributed by atoms with van der Waals surface area (Å²) in [5, 5.41) is 7.28. The van der Waals surface area contributed by atoms with Gasteiger partial charge in [0.05, 0.1) is 38.6 Å². The molecule has 9 nitrogen and oxygen atoms in total. The second-order valence-corrected chi connectivity index (χ2v) is 7.98. The zero-order chi connectivity index (χ0) is 24.4. The van der Waals surface area contributed by atoms with Crippen LogP contribution in [0.4, 0.5) is 4.79 Å². The van der Waals surface area contributed by atoms with Gasteiger partial charge in [-0.1, -0.05) is 29.4 Å². The van der Waals surface area contributed by atoms with Crippen LogP contribution in [-0.4, -0.2) is 35.3 Å². The number of furan rings is 1. The maximum atomic E-state index is 13.2. The third-order valence-corrected chi connectivity index (χ3v) is 5.90. The molecule has 0 saturated heterocycles. The van der Waals surface area contributed by atoms with Crippen LogP contribution in [0, 0.1) is 0 Å². The molecule has 9 heteroatoms. The SMILES string of the molecule is COc1cccc(-c2noc(C3=C(C)N(Cc4ccco4)C(=O)NC3c3cccc(OC)c3)n2)c1. The zero-order valence-corrected chi connectivity index (χ0v) is 19.5. The van der Waals surface area contributed by atoms with Crippen LogP contribution in [0.5, 0.6) is 11.5 Å². The van der Waals surface area contributed by atoms with Crippen LogP contribution in [-0.2, 0) is 6.54 Å². The molecule has 1 N–H and O–H groups in total. The number of carbonyl (C=O) groups is 1. The number of allylic oxidation sites excluding steroid dienone is 1. The number of ether oxygens (including phenoxy) is 2. The van der Waals surface area contributed by atoms with Crippen LogP contribution in [0.25, 0.3) is 17.0 Å². The minimum atomic E-state index is -0.524. The number of nitrogens with one attached hydrogen (secondary N) is 1. The Bertz CT molecular complexity index is 1380. The largest absolute Gasteiger partial charge is 0.497 e. The van der Waals surface area contributed by atoms with Crippen molar-refractivity contribution in [2.24, 2.45) is 0 Å². The first-order chi connectivity index (χ1) is 17.1. The molecule has 2 aromatic carbocycles. The van der Waals surface area contributed by atoms with Crippen LogP contribution in [0.1, 0.15) is 30.2 Å². The molecule has 2 amide bonds. The molecule has 0 radical (unpaired) electrons. The molecule has 0 fully saturated rings. The summed E-state index contributed by atoms with van der Waals surface area (Å²) < 4.78 is 21.9. The topological polar surface area (TPSA) is 103 Å². The number of amides is 2. The molecule has 178 valence electrons. The Balaban J connectivity index is 1.60. The molecule has 0 spiro atoms. The molecule has 1 aliphatic rings. The molecule has 35 heavy (non-hydrogen) atoms. The molecule has 4 aromatic rings. The molecule has 0 bridgehead atoms. The van der Waals surface area contributed by atoms with Gasteiger partial charge in [0.15, 0.2) is 0 Å². The fraction of sp³-hybridized carbons (Fsp3) is 0.192. The Hall–Kier alpha value is -4.53. The maximum Gasteiger partial charge on any atom is 0.322 e. The molecule has 1 aliphatic heterocycles. The summed E-state index contributed by atoms with van der Waals surface area (Å²) in [6.45, 7) is 2.12. The lowest BCUT2D eigenvalue weighted by molar-refractivity contribution is 0.199. The summed E-state index contributed by atoms with van der Waals surface area (Å²) in [5.74, 6) is 2.74. The van der Waals surface area contributed by atoms with Crippen molar-refractivity contribution in [3.05, 3.63) is 89.8 Å². The number of rotatable bonds is 7. The third-order valence-electron chi connectivity index (χ3n) is 5.90. The molecule has 5 rings (SSSR count). The van der Waals surface area contributed by atoms with E-state index in [1.54, 1.807) is 31.4 Å². The number of methoxy groups -OCH3 is 2. The second-order valence-electron chi connectivity index (χ2n) is 7.98. The van der Waals surface area contributed by atoms with Crippen molar-refractivity contribution >= 4 is 11.6 Å². The van der Waals surface area contributed by atoms with E-state index in [0.717, 1.165) is 11.1 Å². The molecule has 0 aliphatic carbocycles. The lowest BCUT2D eigenvalue weighted by Crippen LogP contribution is -2.45. The summed E-state index contributed by atoms with van der Waals surface area (Å²) in [5.41, 5.74) is 2.94. The van der Waals surface area contributed by atoms with E-state index in [-0.39, 0.29) is 12.6 Å². The van der Waals surface area contributed by atoms with Crippen LogP contribution in [0.15, 0.2) is 81.6 Å². The highest BCUT2D eigenvalue weighted by molar-refractivity contribution is 5.87. The third kappa shape index (κ3) is 4.35. The first-order valence-corrected chi connectivity index (χ1v) is 11.0. The van der Waals surface area contributed by atoms with Gasteiger partial charge in [-0.3, -0.25) is 4.90 Å². The molecule has 0 saturated carbocycles. The van der Waals surface area contributed by atoms with Crippen molar-refractivity contribution < 1.29 is 23.2 Å². The van der Waals surface area contributed by atoms with Gasteiger partial charge < -0.3 is 23.7 Å². The number of carbonyl (C=O) groups excluding carboxylic acids is 1. The molecule has 1 atom stereocenters. The van der Waals surface area contributed by atoms with Gasteiger partial charge in [-0.2, -0.15) is 4.98 Å². The van der Waals surface area contributed by atoms with Gasteiger partial charge in [-0.15, -0.1) is 0 Å². The number of hydrogen-bond acceptors (Lipinski definition) is 7. The first kappa shape index (κ1) is 22.3. The van der Waals surface area contributed by atoms with Crippen LogP contribution in [0.3, 0.4) is 0 Å². The van der Waals surface area contributed by atoms with Crippen LogP contribution >= 0.6 is 0 Å². The molecule has 1 unspecified atom stereocenters. The number of benzene rings is 2. The average Bonchev–Trinajstić information content (AvgIpc) is 3.59. The van der Waals surface area contributed by atoms with Crippen molar-refractivity contribution in [1.82, 2.24) is 20.4 Å². The van der Waals surface area contributed by atoms with E-state index < -0.39 is 6.04 Å². The number of urea groups is 1. The second kappa shape index (κ2) is 9.38. The van der Waals surface area contributed by atoms with E-state index >= 15 is 0 Å². The van der Waals surface area contributed by atoms with Gasteiger partial charge in [0.1, 0.15) is 17.3 Å². The number of nitrogens with zero attached hydrogens (tertiary/aromatic N) is 3. The lowest BCUT2D eigenvalue weighted by atomic mass is 9.94. The highest BCUT2D eigenvalue weighted by Crippen LogP contribution is 2.38. The van der Waals surface area contributed by atoms with Crippen molar-refractivity contribution in [2.75, 3.05) is 14.2 Å². The molecule has 3 heterocycles. The highest BCUT2D eigenvalue weighted by atomic mass is 16.5. The summed E-state index contributed by atoms with van der Waals surface area (Å²) in [6, 6.07) is 17.8. The van der Waals surface area contributed by atoms with Gasteiger partial charge in [0, 0.05) is 11.3 Å². The smallest absolute Gasteiger partial charge is 0.322 e. The Kier molecular flexibility index (Phi) is 5.97. The van der Waals surface area contributed by atoms with Crippen molar-refractivity contribution in [1.29, 1.82) is 0 Å². The summed E-state index contributed by atoms with van der Waals surface area (Å²) in [4.78, 5) is 19.4. The van der Waals surface area contributed by atoms with E-state index in [1.807, 2.05) is 61.5 Å². The monoisotopic (exact) mass is 472 g/mol. The quantitative estimate of drug-likeness (QED) is 0.402. The lowest BCUT2D eigenvalue weighted by Gasteiger charge is -2.34. The van der Waals surface area contributed by atoms with E-state index in [9.17, 15) is 4.79 Å². The minimum Gasteiger partial charge on any atom is -0.497 e. The van der Waals surface area contributed by atoms with Crippen LogP contribution < -0.4 is 14.8 Å². The Labute approximate surface area is 202 Å². The predicted molar refractivity (Wildman–Crippen MR) is 127 cm³/mol. The van der Waals surface area contributed by atoms with E-state index in [2.05, 4.69) is 15.5 Å². The molecular weight excluding hydrogens is 448 g/mol. The van der Waals surface area contributed by atoms with Gasteiger partial charge in [-0.05, 0) is 48.9 Å². The summed E-state index contributed by atoms with van der Waals surface area (Å²) >= 11 is 0. The first-order valence-electron chi connectivity index (χ1n) is 11.0. The Morgan fingerprint density at radius 3 is 2.54 bits per heavy atom. The molecular formula is C26H24N4O5. The van der Waals surface area contributed by atoms with Gasteiger partial charge >= 0.3 is 6.03 Å². The standard InChI is InChI=1S/C26H24N4O5/c1-16-22(25-28-24(29-35-25)18-8-5-10-20(14-18)33-3)23(17-7-4-9-19(13-17)32-2)27-26(31)30(16)15-21-11-6-12-34-21/h4-14,23H,15H2,1-3H3,(H,27,31). The van der Waals surface area contributed by atoms with E-state index in [4.69, 9.17) is 18.4 Å². The minimum absolute atomic E-state index is 0.260. The normalized spacial score (nSPS) is 15.8. The van der Waals surface area contributed by atoms with Crippen LogP contribution in [0.2, 0.25) is 0 Å². The highest BCUT2D eigenvalue weighted by Gasteiger charge is 2.36. The van der Waals surface area contributed by atoms with E-state index in [0.29, 0.717) is 40.2 Å². The summed E-state index contributed by atoms with van der Waals surface area (Å²) in [7, 11) is 3.20. The maximum absolute atomic E-state index is 13.2. The number of hydrogen-bond donors (Lipinski definition) is 1. The van der Waals surface area contributed by atoms with Crippen molar-refractivity contribution in [3.8, 4) is 22.9 Å². The number of aromatic nitrogens is 2. The zero-order valence-electron chi connectivity index (χ0n) is 19.5. The average molecular weight is 473 g/mol. The Morgan fingerprint density at radius 2 is 1.80 bits per heavy atom.